The molecule has 1 heterocycles. The number of aromatic nitrogens is 1. The molecule has 2 N–H and O–H groups in total. The molecule has 0 aliphatic rings. The number of rotatable bonds is 6. The number of nitrogens with one attached hydrogen (secondary N) is 1. The number of nitrogens with zero attached hydrogens (tertiary/aromatic N) is 1. The monoisotopic (exact) mass is 334 g/mol. The van der Waals surface area contributed by atoms with Gasteiger partial charge in [0.05, 0.1) is 23.9 Å². The summed E-state index contributed by atoms with van der Waals surface area (Å²) in [5.74, 6) is -1.10. The molecule has 0 saturated carbocycles. The highest BCUT2D eigenvalue weighted by atomic mass is 32.1. The fraction of sp³-hybridized carbons (Fsp3) is 0.312. The Bertz CT molecular complexity index is 682. The molecule has 0 aliphatic heterocycles. The lowest BCUT2D eigenvalue weighted by Gasteiger charge is -2.14. The zero-order valence-electron chi connectivity index (χ0n) is 12.9. The molecule has 1 aromatic carbocycles. The number of carbonyl (C=O) groups excluding carboxylic acids is 2. The number of hydrogen-bond acceptors (Lipinski definition) is 6. The first kappa shape index (κ1) is 17.1. The highest BCUT2D eigenvalue weighted by Crippen LogP contribution is 2.21. The Morgan fingerprint density at radius 2 is 2.04 bits per heavy atom. The summed E-state index contributed by atoms with van der Waals surface area (Å²) in [4.78, 5) is 28.1. The Morgan fingerprint density at radius 1 is 1.35 bits per heavy atom. The molecular weight excluding hydrogens is 316 g/mol. The van der Waals surface area contributed by atoms with Crippen LogP contribution >= 0.6 is 11.3 Å². The number of esters is 1. The zero-order chi connectivity index (χ0) is 16.8. The maximum absolute atomic E-state index is 12.1. The minimum atomic E-state index is -1.07. The van der Waals surface area contributed by atoms with Gasteiger partial charge in [-0.25, -0.2) is 9.78 Å². The van der Waals surface area contributed by atoms with Gasteiger partial charge in [-0.2, -0.15) is 0 Å². The lowest BCUT2D eigenvalue weighted by Crippen LogP contribution is -2.44. The maximum atomic E-state index is 12.1. The van der Waals surface area contributed by atoms with Crippen molar-refractivity contribution < 1.29 is 19.4 Å². The summed E-state index contributed by atoms with van der Waals surface area (Å²) in [5.41, 5.74) is 2.16. The molecule has 2 rings (SSSR count). The van der Waals surface area contributed by atoms with E-state index in [1.165, 1.54) is 0 Å². The number of amides is 1. The van der Waals surface area contributed by atoms with E-state index in [-0.39, 0.29) is 6.61 Å². The number of thiazole rings is 1. The molecule has 7 heteroatoms. The summed E-state index contributed by atoms with van der Waals surface area (Å²) in [6, 6.07) is 5.82. The van der Waals surface area contributed by atoms with E-state index >= 15 is 0 Å². The van der Waals surface area contributed by atoms with Crippen molar-refractivity contribution >= 4 is 23.2 Å². The van der Waals surface area contributed by atoms with E-state index in [1.807, 2.05) is 12.3 Å². The summed E-state index contributed by atoms with van der Waals surface area (Å²) in [5, 5.41) is 14.6. The van der Waals surface area contributed by atoms with Crippen LogP contribution in [0.1, 0.15) is 22.3 Å². The van der Waals surface area contributed by atoms with Crippen LogP contribution in [0.15, 0.2) is 29.6 Å². The van der Waals surface area contributed by atoms with Gasteiger partial charge >= 0.3 is 5.97 Å². The summed E-state index contributed by atoms with van der Waals surface area (Å²) >= 11 is 1.56. The fourth-order valence-electron chi connectivity index (χ4n) is 1.95. The van der Waals surface area contributed by atoms with Gasteiger partial charge in [-0.05, 0) is 26.0 Å². The smallest absolute Gasteiger partial charge is 0.331 e. The Morgan fingerprint density at radius 3 is 2.57 bits per heavy atom. The molecule has 1 aromatic heterocycles. The molecular formula is C16H18N2O4S. The van der Waals surface area contributed by atoms with Gasteiger partial charge in [0.25, 0.3) is 5.91 Å². The van der Waals surface area contributed by atoms with E-state index in [0.717, 1.165) is 16.3 Å². The van der Waals surface area contributed by atoms with Crippen LogP contribution in [-0.4, -0.2) is 41.2 Å². The zero-order valence-corrected chi connectivity index (χ0v) is 13.7. The molecule has 1 atom stereocenters. The minimum absolute atomic E-state index is 0.187. The summed E-state index contributed by atoms with van der Waals surface area (Å²) < 4.78 is 4.79. The largest absolute Gasteiger partial charge is 0.464 e. The second kappa shape index (κ2) is 7.85. The highest BCUT2D eigenvalue weighted by Gasteiger charge is 2.21. The summed E-state index contributed by atoms with van der Waals surface area (Å²) in [6.45, 7) is 3.27. The van der Waals surface area contributed by atoms with Crippen molar-refractivity contribution in [1.82, 2.24) is 10.3 Å². The number of hydrogen-bond donors (Lipinski definition) is 2. The SMILES string of the molecule is CCOC(=O)C(CO)NC(=O)c1ccc(-c2csc(C)n2)cc1. The van der Waals surface area contributed by atoms with Gasteiger partial charge in [-0.3, -0.25) is 4.79 Å². The maximum Gasteiger partial charge on any atom is 0.331 e. The number of ether oxygens (including phenoxy) is 1. The second-order valence-electron chi connectivity index (χ2n) is 4.79. The van der Waals surface area contributed by atoms with Crippen LogP contribution in [0, 0.1) is 6.92 Å². The normalized spacial score (nSPS) is 11.8. The molecule has 0 fully saturated rings. The first-order chi connectivity index (χ1) is 11.0. The molecule has 1 amide bonds. The van der Waals surface area contributed by atoms with Gasteiger partial charge in [0.15, 0.2) is 6.04 Å². The topological polar surface area (TPSA) is 88.5 Å². The molecule has 6 nitrogen and oxygen atoms in total. The summed E-state index contributed by atoms with van der Waals surface area (Å²) in [6.07, 6.45) is 0. The minimum Gasteiger partial charge on any atom is -0.464 e. The molecule has 1 unspecified atom stereocenters. The van der Waals surface area contributed by atoms with Crippen molar-refractivity contribution in [3.05, 3.63) is 40.2 Å². The van der Waals surface area contributed by atoms with Crippen LogP contribution in [-0.2, 0) is 9.53 Å². The Kier molecular flexibility index (Phi) is 5.84. The molecule has 0 spiro atoms. The average molecular weight is 334 g/mol. The van der Waals surface area contributed by atoms with Crippen molar-refractivity contribution in [2.24, 2.45) is 0 Å². The third-order valence-electron chi connectivity index (χ3n) is 3.12. The summed E-state index contributed by atoms with van der Waals surface area (Å²) in [7, 11) is 0. The first-order valence-electron chi connectivity index (χ1n) is 7.16. The predicted molar refractivity (Wildman–Crippen MR) is 87.3 cm³/mol. The third kappa shape index (κ3) is 4.37. The van der Waals surface area contributed by atoms with Crippen molar-refractivity contribution in [3.63, 3.8) is 0 Å². The quantitative estimate of drug-likeness (QED) is 0.786. The van der Waals surface area contributed by atoms with Gasteiger partial charge in [-0.15, -0.1) is 11.3 Å². The third-order valence-corrected chi connectivity index (χ3v) is 3.89. The van der Waals surface area contributed by atoms with E-state index < -0.39 is 24.5 Å². The molecule has 23 heavy (non-hydrogen) atoms. The standard InChI is InChI=1S/C16H18N2O4S/c1-3-22-16(21)13(8-19)18-15(20)12-6-4-11(5-7-12)14-9-23-10(2)17-14/h4-7,9,13,19H,3,8H2,1-2H3,(H,18,20). The van der Waals surface area contributed by atoms with E-state index in [2.05, 4.69) is 10.3 Å². The Hall–Kier alpha value is -2.25. The van der Waals surface area contributed by atoms with E-state index in [4.69, 9.17) is 4.74 Å². The lowest BCUT2D eigenvalue weighted by atomic mass is 10.1. The van der Waals surface area contributed by atoms with Gasteiger partial charge in [0.2, 0.25) is 0 Å². The van der Waals surface area contributed by atoms with E-state index in [1.54, 1.807) is 42.5 Å². The number of benzene rings is 1. The van der Waals surface area contributed by atoms with Gasteiger partial charge < -0.3 is 15.2 Å². The number of aryl methyl sites for hydroxylation is 1. The predicted octanol–water partition coefficient (Wildman–Crippen LogP) is 1.77. The van der Waals surface area contributed by atoms with Crippen LogP contribution in [0.4, 0.5) is 0 Å². The molecule has 122 valence electrons. The van der Waals surface area contributed by atoms with Crippen molar-refractivity contribution in [2.45, 2.75) is 19.9 Å². The van der Waals surface area contributed by atoms with Crippen LogP contribution in [0.3, 0.4) is 0 Å². The second-order valence-corrected chi connectivity index (χ2v) is 5.85. The van der Waals surface area contributed by atoms with Crippen molar-refractivity contribution in [3.8, 4) is 11.3 Å². The van der Waals surface area contributed by atoms with Crippen LogP contribution in [0.25, 0.3) is 11.3 Å². The lowest BCUT2D eigenvalue weighted by molar-refractivity contribution is -0.146. The molecule has 0 aliphatic carbocycles. The van der Waals surface area contributed by atoms with Gasteiger partial charge in [-0.1, -0.05) is 12.1 Å². The molecule has 2 aromatic rings. The fourth-order valence-corrected chi connectivity index (χ4v) is 2.57. The van der Waals surface area contributed by atoms with Crippen LogP contribution in [0.2, 0.25) is 0 Å². The Balaban J connectivity index is 2.06. The van der Waals surface area contributed by atoms with Gasteiger partial charge in [0, 0.05) is 16.5 Å². The van der Waals surface area contributed by atoms with Crippen molar-refractivity contribution in [2.75, 3.05) is 13.2 Å². The van der Waals surface area contributed by atoms with Crippen molar-refractivity contribution in [1.29, 1.82) is 0 Å². The highest BCUT2D eigenvalue weighted by molar-refractivity contribution is 7.09. The van der Waals surface area contributed by atoms with Crippen LogP contribution in [0.5, 0.6) is 0 Å². The number of aliphatic hydroxyl groups is 1. The molecule has 0 radical (unpaired) electrons. The average Bonchev–Trinajstić information content (AvgIpc) is 2.99. The molecule has 0 saturated heterocycles. The molecule has 0 bridgehead atoms. The number of carbonyl (C=O) groups is 2. The van der Waals surface area contributed by atoms with E-state index in [0.29, 0.717) is 5.56 Å². The van der Waals surface area contributed by atoms with Gasteiger partial charge in [0.1, 0.15) is 0 Å². The Labute approximate surface area is 138 Å². The van der Waals surface area contributed by atoms with E-state index in [9.17, 15) is 14.7 Å². The first-order valence-corrected chi connectivity index (χ1v) is 8.04. The number of aliphatic hydroxyl groups excluding tert-OH is 1. The van der Waals surface area contributed by atoms with Crippen LogP contribution < -0.4 is 5.32 Å².